The molecular weight excluding hydrogens is 335 g/mol. The van der Waals surface area contributed by atoms with E-state index in [0.29, 0.717) is 5.69 Å². The number of hydrogen-bond acceptors (Lipinski definition) is 4. The second-order valence-electron chi connectivity index (χ2n) is 5.14. The number of halogens is 3. The van der Waals surface area contributed by atoms with Gasteiger partial charge in [0.25, 0.3) is 5.60 Å². The molecule has 0 aliphatic rings. The number of alkyl halides is 3. The average Bonchev–Trinajstić information content (AvgIpc) is 2.60. The molecule has 2 aromatic carbocycles. The number of carbonyl (C=O) groups is 1. The molecule has 25 heavy (non-hydrogen) atoms. The molecule has 0 fully saturated rings. The number of esters is 1. The van der Waals surface area contributed by atoms with E-state index in [1.54, 1.807) is 6.21 Å². The number of hydrogen-bond donors (Lipinski definition) is 1. The molecule has 0 heterocycles. The van der Waals surface area contributed by atoms with E-state index in [1.807, 2.05) is 30.3 Å². The summed E-state index contributed by atoms with van der Waals surface area (Å²) in [5.74, 6) is -1.76. The van der Waals surface area contributed by atoms with E-state index < -0.39 is 23.3 Å². The summed E-state index contributed by atoms with van der Waals surface area (Å²) < 4.78 is 44.1. The minimum Gasteiger partial charge on any atom is -0.463 e. The van der Waals surface area contributed by atoms with E-state index in [1.165, 1.54) is 19.1 Å². The largest absolute Gasteiger partial charge is 0.463 e. The van der Waals surface area contributed by atoms with Crippen LogP contribution in [0.3, 0.4) is 0 Å². The van der Waals surface area contributed by atoms with Gasteiger partial charge in [0.05, 0.1) is 12.3 Å². The Morgan fingerprint density at radius 3 is 2.24 bits per heavy atom. The molecule has 0 unspecified atom stereocenters. The van der Waals surface area contributed by atoms with Gasteiger partial charge in [-0.2, -0.15) is 13.2 Å². The van der Waals surface area contributed by atoms with Crippen LogP contribution in [0.4, 0.5) is 18.9 Å². The molecule has 4 nitrogen and oxygen atoms in total. The Labute approximate surface area is 142 Å². The third kappa shape index (κ3) is 4.06. The summed E-state index contributed by atoms with van der Waals surface area (Å²) in [4.78, 5) is 15.8. The van der Waals surface area contributed by atoms with Gasteiger partial charge in [0.2, 0.25) is 0 Å². The van der Waals surface area contributed by atoms with E-state index in [4.69, 9.17) is 0 Å². The van der Waals surface area contributed by atoms with Crippen LogP contribution >= 0.6 is 0 Å². The van der Waals surface area contributed by atoms with Gasteiger partial charge in [-0.1, -0.05) is 42.5 Å². The zero-order valence-corrected chi connectivity index (χ0v) is 13.3. The lowest BCUT2D eigenvalue weighted by Crippen LogP contribution is -2.50. The number of carbonyl (C=O) groups excluding carboxylic acids is 1. The fourth-order valence-corrected chi connectivity index (χ4v) is 2.11. The molecule has 0 aliphatic heterocycles. The summed E-state index contributed by atoms with van der Waals surface area (Å²) in [7, 11) is 0. The molecule has 0 bridgehead atoms. The molecular formula is C18H16F3NO3. The van der Waals surface area contributed by atoms with Crippen molar-refractivity contribution >= 4 is 17.9 Å². The maximum Gasteiger partial charge on any atom is 0.432 e. The zero-order chi connectivity index (χ0) is 18.5. The number of rotatable bonds is 5. The molecule has 0 saturated carbocycles. The summed E-state index contributed by atoms with van der Waals surface area (Å²) >= 11 is 0. The van der Waals surface area contributed by atoms with Gasteiger partial charge in [-0.15, -0.1) is 0 Å². The van der Waals surface area contributed by atoms with Crippen molar-refractivity contribution in [1.29, 1.82) is 0 Å². The van der Waals surface area contributed by atoms with Crippen molar-refractivity contribution in [1.82, 2.24) is 0 Å². The molecule has 0 amide bonds. The maximum absolute atomic E-state index is 13.3. The summed E-state index contributed by atoms with van der Waals surface area (Å²) in [5.41, 5.74) is -3.15. The van der Waals surface area contributed by atoms with Crippen molar-refractivity contribution < 1.29 is 27.8 Å². The van der Waals surface area contributed by atoms with Gasteiger partial charge in [-0.3, -0.25) is 4.99 Å². The SMILES string of the molecule is CCOC(=O)[C@](O)(c1ccc(N=Cc2ccccc2)cc1)C(F)(F)F. The van der Waals surface area contributed by atoms with Crippen LogP contribution in [-0.2, 0) is 15.1 Å². The molecule has 0 aliphatic carbocycles. The van der Waals surface area contributed by atoms with Crippen molar-refractivity contribution in [3.8, 4) is 0 Å². The van der Waals surface area contributed by atoms with Crippen molar-refractivity contribution in [2.45, 2.75) is 18.7 Å². The standard InChI is InChI=1S/C18H16F3NO3/c1-2-25-16(23)17(24,18(19,20)21)14-8-10-15(11-9-14)22-12-13-6-4-3-5-7-13/h3-12,24H,2H2,1H3/t17-/m1/s1. The Morgan fingerprint density at radius 2 is 1.72 bits per heavy atom. The monoisotopic (exact) mass is 351 g/mol. The zero-order valence-electron chi connectivity index (χ0n) is 13.3. The van der Waals surface area contributed by atoms with Gasteiger partial charge in [-0.25, -0.2) is 4.79 Å². The lowest BCUT2D eigenvalue weighted by atomic mass is 9.93. The van der Waals surface area contributed by atoms with E-state index in [2.05, 4.69) is 9.73 Å². The van der Waals surface area contributed by atoms with Crippen molar-refractivity contribution in [2.75, 3.05) is 6.61 Å². The number of aliphatic imine (C=N–C) groups is 1. The number of benzene rings is 2. The first-order valence-corrected chi connectivity index (χ1v) is 7.45. The average molecular weight is 351 g/mol. The number of aliphatic hydroxyl groups is 1. The highest BCUT2D eigenvalue weighted by atomic mass is 19.4. The Morgan fingerprint density at radius 1 is 1.12 bits per heavy atom. The number of ether oxygens (including phenoxy) is 1. The Balaban J connectivity index is 2.30. The fourth-order valence-electron chi connectivity index (χ4n) is 2.11. The summed E-state index contributed by atoms with van der Waals surface area (Å²) in [6.07, 6.45) is -3.66. The van der Waals surface area contributed by atoms with Crippen molar-refractivity contribution in [3.05, 3.63) is 65.7 Å². The lowest BCUT2D eigenvalue weighted by molar-refractivity contribution is -0.267. The first-order valence-electron chi connectivity index (χ1n) is 7.45. The summed E-state index contributed by atoms with van der Waals surface area (Å²) in [6.45, 7) is 1.08. The van der Waals surface area contributed by atoms with Gasteiger partial charge >= 0.3 is 12.1 Å². The van der Waals surface area contributed by atoms with Crippen LogP contribution in [0, 0.1) is 0 Å². The minimum absolute atomic E-state index is 0.281. The van der Waals surface area contributed by atoms with E-state index in [-0.39, 0.29) is 6.61 Å². The van der Waals surface area contributed by atoms with Gasteiger partial charge in [0.15, 0.2) is 0 Å². The molecule has 0 saturated heterocycles. The molecule has 2 aromatic rings. The second kappa shape index (κ2) is 7.48. The highest BCUT2D eigenvalue weighted by molar-refractivity contribution is 5.83. The predicted octanol–water partition coefficient (Wildman–Crippen LogP) is 3.75. The van der Waals surface area contributed by atoms with Crippen LogP contribution in [0.25, 0.3) is 0 Å². The first-order chi connectivity index (χ1) is 11.8. The van der Waals surface area contributed by atoms with Crippen LogP contribution in [0.5, 0.6) is 0 Å². The van der Waals surface area contributed by atoms with Crippen LogP contribution in [0.15, 0.2) is 59.6 Å². The molecule has 0 aromatic heterocycles. The van der Waals surface area contributed by atoms with Gasteiger partial charge in [0, 0.05) is 11.8 Å². The fraction of sp³-hybridized carbons (Fsp3) is 0.222. The molecule has 7 heteroatoms. The minimum atomic E-state index is -5.21. The smallest absolute Gasteiger partial charge is 0.432 e. The molecule has 2 rings (SSSR count). The second-order valence-corrected chi connectivity index (χ2v) is 5.14. The van der Waals surface area contributed by atoms with Gasteiger partial charge in [0.1, 0.15) is 0 Å². The van der Waals surface area contributed by atoms with Gasteiger partial charge in [-0.05, 0) is 24.6 Å². The predicted molar refractivity (Wildman–Crippen MR) is 86.7 cm³/mol. The van der Waals surface area contributed by atoms with E-state index in [9.17, 15) is 23.1 Å². The van der Waals surface area contributed by atoms with Crippen LogP contribution < -0.4 is 0 Å². The maximum atomic E-state index is 13.3. The van der Waals surface area contributed by atoms with E-state index in [0.717, 1.165) is 17.7 Å². The lowest BCUT2D eigenvalue weighted by Gasteiger charge is -2.28. The van der Waals surface area contributed by atoms with Crippen LogP contribution in [-0.4, -0.2) is 30.1 Å². The molecule has 0 spiro atoms. The Hall–Kier alpha value is -2.67. The Kier molecular flexibility index (Phi) is 5.58. The third-order valence-corrected chi connectivity index (χ3v) is 3.43. The summed E-state index contributed by atoms with van der Waals surface area (Å²) in [5, 5.41) is 9.98. The normalized spacial score (nSPS) is 14.3. The highest BCUT2D eigenvalue weighted by Crippen LogP contribution is 2.40. The van der Waals surface area contributed by atoms with Gasteiger partial charge < -0.3 is 9.84 Å². The molecule has 132 valence electrons. The summed E-state index contributed by atoms with van der Waals surface area (Å²) in [6, 6.07) is 13.7. The molecule has 0 radical (unpaired) electrons. The number of nitrogens with zero attached hydrogens (tertiary/aromatic N) is 1. The topological polar surface area (TPSA) is 58.9 Å². The Bertz CT molecular complexity index is 742. The van der Waals surface area contributed by atoms with Crippen LogP contribution in [0.1, 0.15) is 18.1 Å². The van der Waals surface area contributed by atoms with Crippen molar-refractivity contribution in [2.24, 2.45) is 4.99 Å². The van der Waals surface area contributed by atoms with Crippen molar-refractivity contribution in [3.63, 3.8) is 0 Å². The quantitative estimate of drug-likeness (QED) is 0.659. The first kappa shape index (κ1) is 18.7. The van der Waals surface area contributed by atoms with E-state index >= 15 is 0 Å². The molecule has 1 N–H and O–H groups in total. The third-order valence-electron chi connectivity index (χ3n) is 3.43. The highest BCUT2D eigenvalue weighted by Gasteiger charge is 2.62. The van der Waals surface area contributed by atoms with Crippen LogP contribution in [0.2, 0.25) is 0 Å². The molecule has 1 atom stereocenters.